The van der Waals surface area contributed by atoms with Crippen LogP contribution in [0, 0.1) is 12.3 Å². The van der Waals surface area contributed by atoms with Crippen LogP contribution in [0.5, 0.6) is 0 Å². The van der Waals surface area contributed by atoms with Gasteiger partial charge >= 0.3 is 0 Å². The van der Waals surface area contributed by atoms with E-state index in [-0.39, 0.29) is 11.6 Å². The summed E-state index contributed by atoms with van der Waals surface area (Å²) in [7, 11) is -2.58. The van der Waals surface area contributed by atoms with E-state index in [0.29, 0.717) is 0 Å². The second-order valence-corrected chi connectivity index (χ2v) is 11.0. The Morgan fingerprint density at radius 3 is 1.78 bits per heavy atom. The molecule has 2 rings (SSSR count). The Kier molecular flexibility index (Phi) is 5.43. The van der Waals surface area contributed by atoms with Crippen LogP contribution in [0.2, 0.25) is 5.04 Å². The number of terminal acetylenes is 1. The summed E-state index contributed by atoms with van der Waals surface area (Å²) in [6.07, 6.45) is 4.43. The highest BCUT2D eigenvalue weighted by atomic mass is 28.4. The zero-order valence-electron chi connectivity index (χ0n) is 14.0. The van der Waals surface area contributed by atoms with Gasteiger partial charge in [-0.1, -0.05) is 87.4 Å². The average Bonchev–Trinajstić information content (AvgIpc) is 2.56. The topological polar surface area (TPSA) is 29.5 Å². The standard InChI is InChI=1S/C20H24O2Si/c1-5-17(21)16-22-23(20(2,3)4,18-12-8-6-9-13-18)19-14-10-7-11-15-19/h1,6-15,17,21H,16H2,2-4H3/t17-/m0/s1. The van der Waals surface area contributed by atoms with Crippen molar-refractivity contribution in [3.63, 3.8) is 0 Å². The van der Waals surface area contributed by atoms with Gasteiger partial charge in [0.05, 0.1) is 6.61 Å². The van der Waals surface area contributed by atoms with E-state index >= 15 is 0 Å². The third-order valence-electron chi connectivity index (χ3n) is 4.07. The largest absolute Gasteiger partial charge is 0.404 e. The van der Waals surface area contributed by atoms with Crippen molar-refractivity contribution < 1.29 is 9.53 Å². The average molecular weight is 324 g/mol. The van der Waals surface area contributed by atoms with E-state index in [1.807, 2.05) is 36.4 Å². The molecular weight excluding hydrogens is 300 g/mol. The molecule has 2 aromatic carbocycles. The fraction of sp³-hybridized carbons (Fsp3) is 0.300. The number of benzene rings is 2. The predicted molar refractivity (Wildman–Crippen MR) is 98.4 cm³/mol. The van der Waals surface area contributed by atoms with Crippen LogP contribution in [-0.4, -0.2) is 26.1 Å². The maximum absolute atomic E-state index is 9.84. The number of aliphatic hydroxyl groups is 1. The lowest BCUT2D eigenvalue weighted by molar-refractivity contribution is 0.145. The lowest BCUT2D eigenvalue weighted by Gasteiger charge is -2.43. The van der Waals surface area contributed by atoms with Gasteiger partial charge in [0, 0.05) is 0 Å². The fourth-order valence-corrected chi connectivity index (χ4v) is 7.58. The van der Waals surface area contributed by atoms with E-state index in [1.165, 1.54) is 10.4 Å². The molecule has 0 radical (unpaired) electrons. The van der Waals surface area contributed by atoms with E-state index in [2.05, 4.69) is 51.0 Å². The molecule has 0 amide bonds. The molecule has 0 aromatic heterocycles. The molecule has 1 atom stereocenters. The van der Waals surface area contributed by atoms with Crippen LogP contribution in [0.15, 0.2) is 60.7 Å². The Bertz CT molecular complexity index is 614. The van der Waals surface area contributed by atoms with Crippen molar-refractivity contribution in [3.8, 4) is 12.3 Å². The predicted octanol–water partition coefficient (Wildman–Crippen LogP) is 2.56. The number of rotatable bonds is 5. The van der Waals surface area contributed by atoms with Gasteiger partial charge in [-0.15, -0.1) is 6.42 Å². The molecule has 0 bridgehead atoms. The highest BCUT2D eigenvalue weighted by Gasteiger charge is 2.50. The molecule has 0 saturated heterocycles. The van der Waals surface area contributed by atoms with Gasteiger partial charge in [-0.05, 0) is 15.4 Å². The summed E-state index contributed by atoms with van der Waals surface area (Å²) in [6.45, 7) is 6.73. The van der Waals surface area contributed by atoms with Crippen LogP contribution in [0.1, 0.15) is 20.8 Å². The molecule has 0 fully saturated rings. The molecule has 120 valence electrons. The van der Waals surface area contributed by atoms with Crippen LogP contribution in [0.25, 0.3) is 0 Å². The molecule has 0 aliphatic heterocycles. The molecule has 2 aromatic rings. The first-order valence-electron chi connectivity index (χ1n) is 7.81. The quantitative estimate of drug-likeness (QED) is 0.676. The minimum atomic E-state index is -2.58. The number of hydrogen-bond donors (Lipinski definition) is 1. The summed E-state index contributed by atoms with van der Waals surface area (Å²) in [6, 6.07) is 20.6. The first kappa shape index (κ1) is 17.5. The zero-order chi connectivity index (χ0) is 16.9. The monoisotopic (exact) mass is 324 g/mol. The van der Waals surface area contributed by atoms with Crippen LogP contribution in [0.3, 0.4) is 0 Å². The molecule has 1 N–H and O–H groups in total. The van der Waals surface area contributed by atoms with Crippen molar-refractivity contribution in [2.75, 3.05) is 6.61 Å². The summed E-state index contributed by atoms with van der Waals surface area (Å²) in [5.41, 5.74) is 0. The minimum Gasteiger partial charge on any atom is -0.404 e. The van der Waals surface area contributed by atoms with Crippen molar-refractivity contribution in [1.82, 2.24) is 0 Å². The lowest BCUT2D eigenvalue weighted by Crippen LogP contribution is -2.67. The molecule has 2 nitrogen and oxygen atoms in total. The van der Waals surface area contributed by atoms with Crippen molar-refractivity contribution >= 4 is 18.7 Å². The third kappa shape index (κ3) is 3.56. The Hall–Kier alpha value is -1.86. The Morgan fingerprint density at radius 2 is 1.43 bits per heavy atom. The normalized spacial score (nSPS) is 13.3. The van der Waals surface area contributed by atoms with Crippen LogP contribution >= 0.6 is 0 Å². The third-order valence-corrected chi connectivity index (χ3v) is 9.07. The summed E-state index contributed by atoms with van der Waals surface area (Å²) in [5.74, 6) is 2.34. The van der Waals surface area contributed by atoms with Crippen molar-refractivity contribution in [2.24, 2.45) is 0 Å². The van der Waals surface area contributed by atoms with Gasteiger partial charge in [0.15, 0.2) is 0 Å². The molecule has 0 heterocycles. The van der Waals surface area contributed by atoms with Crippen LogP contribution < -0.4 is 10.4 Å². The molecule has 0 saturated carbocycles. The summed E-state index contributed by atoms with van der Waals surface area (Å²) >= 11 is 0. The Balaban J connectivity index is 2.62. The first-order chi connectivity index (χ1) is 10.9. The SMILES string of the molecule is C#C[C@H](O)CO[Si](c1ccccc1)(c1ccccc1)C(C)(C)C. The maximum atomic E-state index is 9.84. The molecule has 0 aliphatic carbocycles. The first-order valence-corrected chi connectivity index (χ1v) is 9.72. The Labute approximate surface area is 140 Å². The Morgan fingerprint density at radius 1 is 1.00 bits per heavy atom. The van der Waals surface area contributed by atoms with Crippen LogP contribution in [-0.2, 0) is 4.43 Å². The summed E-state index contributed by atoms with van der Waals surface area (Å²) < 4.78 is 6.47. The van der Waals surface area contributed by atoms with Crippen molar-refractivity contribution in [3.05, 3.63) is 60.7 Å². The molecular formula is C20H24O2Si. The zero-order valence-corrected chi connectivity index (χ0v) is 15.0. The fourth-order valence-electron chi connectivity index (χ4n) is 3.01. The molecule has 3 heteroatoms. The molecule has 23 heavy (non-hydrogen) atoms. The minimum absolute atomic E-state index is 0.107. The summed E-state index contributed by atoms with van der Waals surface area (Å²) in [5, 5.41) is 12.1. The van der Waals surface area contributed by atoms with E-state index in [1.54, 1.807) is 0 Å². The highest BCUT2D eigenvalue weighted by molar-refractivity contribution is 6.99. The van der Waals surface area contributed by atoms with Crippen molar-refractivity contribution in [1.29, 1.82) is 0 Å². The highest BCUT2D eigenvalue weighted by Crippen LogP contribution is 2.36. The lowest BCUT2D eigenvalue weighted by atomic mass is 10.2. The van der Waals surface area contributed by atoms with E-state index in [9.17, 15) is 5.11 Å². The van der Waals surface area contributed by atoms with E-state index in [4.69, 9.17) is 10.8 Å². The van der Waals surface area contributed by atoms with E-state index < -0.39 is 14.4 Å². The van der Waals surface area contributed by atoms with Gasteiger partial charge in [0.25, 0.3) is 8.32 Å². The van der Waals surface area contributed by atoms with Crippen LogP contribution in [0.4, 0.5) is 0 Å². The molecule has 0 unspecified atom stereocenters. The smallest absolute Gasteiger partial charge is 0.261 e. The molecule has 0 spiro atoms. The van der Waals surface area contributed by atoms with Gasteiger partial charge in [-0.2, -0.15) is 0 Å². The van der Waals surface area contributed by atoms with Crippen molar-refractivity contribution in [2.45, 2.75) is 31.9 Å². The number of hydrogen-bond acceptors (Lipinski definition) is 2. The van der Waals surface area contributed by atoms with E-state index in [0.717, 1.165) is 0 Å². The maximum Gasteiger partial charge on any atom is 0.261 e. The molecule has 0 aliphatic rings. The van der Waals surface area contributed by atoms with Gasteiger partial charge in [-0.25, -0.2) is 0 Å². The second kappa shape index (κ2) is 7.14. The van der Waals surface area contributed by atoms with Gasteiger partial charge < -0.3 is 9.53 Å². The second-order valence-electron chi connectivity index (χ2n) is 6.66. The van der Waals surface area contributed by atoms with Gasteiger partial charge in [0.2, 0.25) is 0 Å². The van der Waals surface area contributed by atoms with Gasteiger partial charge in [0.1, 0.15) is 6.10 Å². The summed E-state index contributed by atoms with van der Waals surface area (Å²) in [4.78, 5) is 0. The van der Waals surface area contributed by atoms with Gasteiger partial charge in [-0.3, -0.25) is 0 Å². The number of aliphatic hydroxyl groups excluding tert-OH is 1.